The number of carboxylic acid groups (broad SMARTS) is 2. The van der Waals surface area contributed by atoms with E-state index >= 15 is 0 Å². The fourth-order valence-corrected chi connectivity index (χ4v) is 3.06. The summed E-state index contributed by atoms with van der Waals surface area (Å²) in [6, 6.07) is 1.97. The van der Waals surface area contributed by atoms with Crippen molar-refractivity contribution in [3.05, 3.63) is 22.4 Å². The van der Waals surface area contributed by atoms with E-state index in [0.29, 0.717) is 12.8 Å². The molecule has 1 saturated carbocycles. The molecule has 1 aliphatic carbocycles. The van der Waals surface area contributed by atoms with E-state index in [9.17, 15) is 9.59 Å². The third kappa shape index (κ3) is 2.85. The van der Waals surface area contributed by atoms with Gasteiger partial charge in [-0.05, 0) is 47.1 Å². The first kappa shape index (κ1) is 12.1. The molecule has 5 heteroatoms. The Morgan fingerprint density at radius 2 is 2.24 bits per heavy atom. The van der Waals surface area contributed by atoms with Crippen LogP contribution in [0.5, 0.6) is 0 Å². The predicted octanol–water partition coefficient (Wildman–Crippen LogP) is 2.42. The zero-order valence-corrected chi connectivity index (χ0v) is 10.0. The Bertz CT molecular complexity index is 412. The number of carboxylic acids is 2. The molecule has 17 heavy (non-hydrogen) atoms. The molecule has 0 bridgehead atoms. The number of carbonyl (C=O) groups is 2. The number of aliphatic carboxylic acids is 2. The van der Waals surface area contributed by atoms with Crippen LogP contribution >= 0.6 is 11.3 Å². The van der Waals surface area contributed by atoms with Gasteiger partial charge in [0.2, 0.25) is 0 Å². The normalized spacial score (nSPS) is 24.2. The number of rotatable bonds is 6. The minimum Gasteiger partial charge on any atom is -0.481 e. The van der Waals surface area contributed by atoms with Gasteiger partial charge in [0.1, 0.15) is 0 Å². The molecular formula is C12H14O4S. The Kier molecular flexibility index (Phi) is 3.47. The van der Waals surface area contributed by atoms with E-state index in [4.69, 9.17) is 10.2 Å². The van der Waals surface area contributed by atoms with Gasteiger partial charge in [-0.25, -0.2) is 0 Å². The lowest BCUT2D eigenvalue weighted by atomic mass is 9.90. The Hall–Kier alpha value is -1.36. The molecule has 3 unspecified atom stereocenters. The SMILES string of the molecule is O=C(O)CCC(c1ccsc1)C1CC1C(=O)O. The van der Waals surface area contributed by atoms with Crippen LogP contribution in [0, 0.1) is 11.8 Å². The molecule has 0 saturated heterocycles. The van der Waals surface area contributed by atoms with Crippen LogP contribution in [0.3, 0.4) is 0 Å². The first-order chi connectivity index (χ1) is 8.09. The molecule has 0 amide bonds. The van der Waals surface area contributed by atoms with Crippen molar-refractivity contribution in [2.45, 2.75) is 25.2 Å². The third-order valence-corrected chi connectivity index (χ3v) is 4.02. The highest BCUT2D eigenvalue weighted by atomic mass is 32.1. The quantitative estimate of drug-likeness (QED) is 0.817. The molecule has 1 fully saturated rings. The standard InChI is InChI=1S/C12H14O4S/c13-11(14)2-1-8(7-3-4-17-6-7)9-5-10(9)12(15)16/h3-4,6,8-10H,1-2,5H2,(H,13,14)(H,15,16). The average molecular weight is 254 g/mol. The molecule has 1 heterocycles. The van der Waals surface area contributed by atoms with Crippen LogP contribution in [0.2, 0.25) is 0 Å². The average Bonchev–Trinajstić information content (AvgIpc) is 2.85. The summed E-state index contributed by atoms with van der Waals surface area (Å²) in [6.45, 7) is 0. The molecule has 2 N–H and O–H groups in total. The molecule has 92 valence electrons. The van der Waals surface area contributed by atoms with E-state index in [1.165, 1.54) is 0 Å². The second kappa shape index (κ2) is 4.87. The highest BCUT2D eigenvalue weighted by Gasteiger charge is 2.48. The maximum Gasteiger partial charge on any atom is 0.306 e. The maximum atomic E-state index is 10.9. The first-order valence-electron chi connectivity index (χ1n) is 5.56. The van der Waals surface area contributed by atoms with Crippen LogP contribution < -0.4 is 0 Å². The Morgan fingerprint density at radius 3 is 2.71 bits per heavy atom. The Labute approximate surface area is 103 Å². The highest BCUT2D eigenvalue weighted by molar-refractivity contribution is 7.07. The van der Waals surface area contributed by atoms with E-state index in [2.05, 4.69) is 0 Å². The fourth-order valence-electron chi connectivity index (χ4n) is 2.34. The Morgan fingerprint density at radius 1 is 1.47 bits per heavy atom. The van der Waals surface area contributed by atoms with Gasteiger partial charge in [0.15, 0.2) is 0 Å². The van der Waals surface area contributed by atoms with Crippen LogP contribution in [0.15, 0.2) is 16.8 Å². The van der Waals surface area contributed by atoms with Crippen LogP contribution in [0.25, 0.3) is 0 Å². The second-order valence-electron chi connectivity index (χ2n) is 4.44. The van der Waals surface area contributed by atoms with Gasteiger partial charge in [-0.3, -0.25) is 9.59 Å². The monoisotopic (exact) mass is 254 g/mol. The van der Waals surface area contributed by atoms with Crippen LogP contribution in [0.4, 0.5) is 0 Å². The lowest BCUT2D eigenvalue weighted by molar-refractivity contribution is -0.139. The minimum absolute atomic E-state index is 0.0819. The summed E-state index contributed by atoms with van der Waals surface area (Å²) in [5.41, 5.74) is 1.09. The van der Waals surface area contributed by atoms with Gasteiger partial charge < -0.3 is 10.2 Å². The summed E-state index contributed by atoms with van der Waals surface area (Å²) in [5, 5.41) is 21.6. The molecule has 4 nitrogen and oxygen atoms in total. The van der Waals surface area contributed by atoms with E-state index < -0.39 is 11.9 Å². The highest BCUT2D eigenvalue weighted by Crippen LogP contribution is 2.50. The third-order valence-electron chi connectivity index (χ3n) is 3.31. The van der Waals surface area contributed by atoms with Crippen molar-refractivity contribution < 1.29 is 19.8 Å². The van der Waals surface area contributed by atoms with Gasteiger partial charge in [-0.2, -0.15) is 11.3 Å². The zero-order chi connectivity index (χ0) is 12.4. The van der Waals surface area contributed by atoms with E-state index in [0.717, 1.165) is 5.56 Å². The van der Waals surface area contributed by atoms with E-state index in [1.54, 1.807) is 11.3 Å². The number of thiophene rings is 1. The topological polar surface area (TPSA) is 74.6 Å². The van der Waals surface area contributed by atoms with Gasteiger partial charge in [0.05, 0.1) is 5.92 Å². The van der Waals surface area contributed by atoms with Gasteiger partial charge in [0, 0.05) is 6.42 Å². The summed E-state index contributed by atoms with van der Waals surface area (Å²) < 4.78 is 0. The summed E-state index contributed by atoms with van der Waals surface area (Å²) >= 11 is 1.56. The van der Waals surface area contributed by atoms with E-state index in [1.807, 2.05) is 16.8 Å². The molecule has 1 aromatic rings. The van der Waals surface area contributed by atoms with Gasteiger partial charge in [0.25, 0.3) is 0 Å². The molecule has 0 radical (unpaired) electrons. The maximum absolute atomic E-state index is 10.9. The molecule has 0 spiro atoms. The van der Waals surface area contributed by atoms with Gasteiger partial charge in [-0.1, -0.05) is 0 Å². The molecule has 1 aromatic heterocycles. The van der Waals surface area contributed by atoms with Crippen molar-refractivity contribution in [3.8, 4) is 0 Å². The zero-order valence-electron chi connectivity index (χ0n) is 9.20. The lowest BCUT2D eigenvalue weighted by Gasteiger charge is -2.14. The summed E-state index contributed by atoms with van der Waals surface area (Å²) in [5.74, 6) is -1.67. The minimum atomic E-state index is -0.822. The second-order valence-corrected chi connectivity index (χ2v) is 5.22. The molecule has 0 aliphatic heterocycles. The largest absolute Gasteiger partial charge is 0.481 e. The van der Waals surface area contributed by atoms with Crippen molar-refractivity contribution in [1.82, 2.24) is 0 Å². The molecular weight excluding hydrogens is 240 g/mol. The lowest BCUT2D eigenvalue weighted by Crippen LogP contribution is -2.09. The van der Waals surface area contributed by atoms with Crippen molar-refractivity contribution in [2.75, 3.05) is 0 Å². The number of hydrogen-bond donors (Lipinski definition) is 2. The van der Waals surface area contributed by atoms with Crippen molar-refractivity contribution in [2.24, 2.45) is 11.8 Å². The van der Waals surface area contributed by atoms with Crippen LogP contribution in [-0.4, -0.2) is 22.2 Å². The molecule has 2 rings (SSSR count). The van der Waals surface area contributed by atoms with Crippen LogP contribution in [-0.2, 0) is 9.59 Å². The predicted molar refractivity (Wildman–Crippen MR) is 63.2 cm³/mol. The summed E-state index contributed by atoms with van der Waals surface area (Å²) in [4.78, 5) is 21.5. The van der Waals surface area contributed by atoms with Crippen molar-refractivity contribution in [1.29, 1.82) is 0 Å². The van der Waals surface area contributed by atoms with E-state index in [-0.39, 0.29) is 24.2 Å². The molecule has 3 atom stereocenters. The summed E-state index contributed by atoms with van der Waals surface area (Å²) in [7, 11) is 0. The first-order valence-corrected chi connectivity index (χ1v) is 6.50. The smallest absolute Gasteiger partial charge is 0.306 e. The molecule has 0 aromatic carbocycles. The molecule has 1 aliphatic rings. The number of hydrogen-bond acceptors (Lipinski definition) is 3. The van der Waals surface area contributed by atoms with Crippen molar-refractivity contribution in [3.63, 3.8) is 0 Å². The fraction of sp³-hybridized carbons (Fsp3) is 0.500. The van der Waals surface area contributed by atoms with Crippen molar-refractivity contribution >= 4 is 23.3 Å². The Balaban J connectivity index is 2.04. The summed E-state index contributed by atoms with van der Waals surface area (Å²) in [6.07, 6.45) is 1.30. The van der Waals surface area contributed by atoms with Gasteiger partial charge >= 0.3 is 11.9 Å². The van der Waals surface area contributed by atoms with Gasteiger partial charge in [-0.15, -0.1) is 0 Å². The van der Waals surface area contributed by atoms with Crippen LogP contribution in [0.1, 0.15) is 30.7 Å².